The lowest BCUT2D eigenvalue weighted by molar-refractivity contribution is -0.141. The lowest BCUT2D eigenvalue weighted by Gasteiger charge is -2.09. The first kappa shape index (κ1) is 15.7. The second kappa shape index (κ2) is 5.61. The van der Waals surface area contributed by atoms with Crippen LogP contribution in [-0.4, -0.2) is 21.5 Å². The van der Waals surface area contributed by atoms with Crippen LogP contribution in [0.2, 0.25) is 4.47 Å². The van der Waals surface area contributed by atoms with Crippen LogP contribution in [0.25, 0.3) is 11.3 Å². The molecule has 0 saturated carbocycles. The molecule has 4 nitrogen and oxygen atoms in total. The number of alkyl halides is 3. The van der Waals surface area contributed by atoms with Crippen LogP contribution in [0.5, 0.6) is 0 Å². The lowest BCUT2D eigenvalue weighted by atomic mass is 10.1. The Morgan fingerprint density at radius 1 is 1.48 bits per heavy atom. The van der Waals surface area contributed by atoms with Gasteiger partial charge in [-0.05, 0) is 6.07 Å². The smallest absolute Gasteiger partial charge is 0.306 e. The minimum absolute atomic E-state index is 0.120. The summed E-state index contributed by atoms with van der Waals surface area (Å²) in [4.78, 5) is 27.4. The van der Waals surface area contributed by atoms with Crippen molar-refractivity contribution < 1.29 is 18.0 Å². The van der Waals surface area contributed by atoms with Gasteiger partial charge >= 0.3 is 6.18 Å². The molecule has 2 rings (SSSR count). The third kappa shape index (κ3) is 3.70. The zero-order valence-corrected chi connectivity index (χ0v) is 12.1. The van der Waals surface area contributed by atoms with E-state index in [1.807, 2.05) is 0 Å². The molecule has 2 aromatic heterocycles. The van der Waals surface area contributed by atoms with Crippen LogP contribution in [0.15, 0.2) is 23.1 Å². The second-order valence-electron chi connectivity index (χ2n) is 4.20. The van der Waals surface area contributed by atoms with Gasteiger partial charge in [0.25, 0.3) is 5.56 Å². The number of thiazole rings is 1. The van der Waals surface area contributed by atoms with Crippen molar-refractivity contribution in [2.45, 2.75) is 19.6 Å². The van der Waals surface area contributed by atoms with Gasteiger partial charge in [0.1, 0.15) is 6.54 Å². The van der Waals surface area contributed by atoms with E-state index < -0.39 is 18.3 Å². The van der Waals surface area contributed by atoms with E-state index in [9.17, 15) is 22.8 Å². The Morgan fingerprint density at radius 3 is 2.67 bits per heavy atom. The maximum Gasteiger partial charge on any atom is 0.406 e. The molecule has 0 spiro atoms. The van der Waals surface area contributed by atoms with Gasteiger partial charge in [-0.3, -0.25) is 9.59 Å². The first-order valence-corrected chi connectivity index (χ1v) is 6.82. The second-order valence-corrected chi connectivity index (χ2v) is 5.78. The van der Waals surface area contributed by atoms with Gasteiger partial charge in [-0.1, -0.05) is 22.9 Å². The quantitative estimate of drug-likeness (QED) is 0.807. The third-order valence-corrected chi connectivity index (χ3v) is 3.80. The molecule has 0 N–H and O–H groups in total. The number of halogens is 4. The van der Waals surface area contributed by atoms with Crippen molar-refractivity contribution in [3.8, 4) is 11.3 Å². The molecule has 0 amide bonds. The standard InChI is InChI=1S/C12H8ClF3N2O2S/c1-6(19)10-9(17-11(13)21-10)7-2-3-18(8(20)4-7)5-12(14,15)16/h2-4H,5H2,1H3. The largest absolute Gasteiger partial charge is 0.406 e. The fourth-order valence-electron chi connectivity index (χ4n) is 1.71. The molecule has 0 aromatic carbocycles. The molecule has 0 fully saturated rings. The molecule has 0 unspecified atom stereocenters. The zero-order chi connectivity index (χ0) is 15.8. The summed E-state index contributed by atoms with van der Waals surface area (Å²) in [7, 11) is 0. The Labute approximate surface area is 125 Å². The monoisotopic (exact) mass is 336 g/mol. The van der Waals surface area contributed by atoms with E-state index >= 15 is 0 Å². The Hall–Kier alpha value is -1.67. The molecule has 0 aliphatic heterocycles. The van der Waals surface area contributed by atoms with Crippen molar-refractivity contribution in [3.63, 3.8) is 0 Å². The minimum Gasteiger partial charge on any atom is -0.306 e. The van der Waals surface area contributed by atoms with Gasteiger partial charge in [-0.25, -0.2) is 4.98 Å². The Kier molecular flexibility index (Phi) is 4.20. The first-order chi connectivity index (χ1) is 9.67. The third-order valence-electron chi connectivity index (χ3n) is 2.54. The van der Waals surface area contributed by atoms with Gasteiger partial charge in [-0.2, -0.15) is 13.2 Å². The van der Waals surface area contributed by atoms with Gasteiger partial charge < -0.3 is 4.57 Å². The van der Waals surface area contributed by atoms with Crippen LogP contribution < -0.4 is 5.56 Å². The number of ketones is 1. The van der Waals surface area contributed by atoms with Crippen molar-refractivity contribution in [2.75, 3.05) is 0 Å². The summed E-state index contributed by atoms with van der Waals surface area (Å²) in [5.74, 6) is -0.283. The van der Waals surface area contributed by atoms with Crippen molar-refractivity contribution in [2.24, 2.45) is 0 Å². The predicted octanol–water partition coefficient (Wildman–Crippen LogP) is 3.39. The Morgan fingerprint density at radius 2 is 2.14 bits per heavy atom. The molecule has 0 aliphatic carbocycles. The zero-order valence-electron chi connectivity index (χ0n) is 10.6. The van der Waals surface area contributed by atoms with Crippen molar-refractivity contribution in [1.82, 2.24) is 9.55 Å². The minimum atomic E-state index is -4.49. The number of hydrogen-bond donors (Lipinski definition) is 0. The van der Waals surface area contributed by atoms with Crippen LogP contribution in [0.3, 0.4) is 0 Å². The predicted molar refractivity (Wildman–Crippen MR) is 72.9 cm³/mol. The molecule has 0 saturated heterocycles. The molecular weight excluding hydrogens is 329 g/mol. The highest BCUT2D eigenvalue weighted by Crippen LogP contribution is 2.30. The van der Waals surface area contributed by atoms with Gasteiger partial charge in [0.2, 0.25) is 0 Å². The van der Waals surface area contributed by atoms with Crippen LogP contribution in [0.4, 0.5) is 13.2 Å². The summed E-state index contributed by atoms with van der Waals surface area (Å²) in [6, 6.07) is 2.30. The van der Waals surface area contributed by atoms with Crippen molar-refractivity contribution >= 4 is 28.7 Å². The van der Waals surface area contributed by atoms with E-state index in [-0.39, 0.29) is 26.4 Å². The van der Waals surface area contributed by atoms with E-state index in [1.165, 1.54) is 13.0 Å². The van der Waals surface area contributed by atoms with E-state index in [2.05, 4.69) is 4.98 Å². The fourth-order valence-corrected chi connectivity index (χ4v) is 2.73. The highest BCUT2D eigenvalue weighted by Gasteiger charge is 2.28. The average Bonchev–Trinajstić information content (AvgIpc) is 2.72. The molecule has 0 radical (unpaired) electrons. The highest BCUT2D eigenvalue weighted by molar-refractivity contribution is 7.18. The molecule has 0 bridgehead atoms. The normalized spacial score (nSPS) is 11.7. The summed E-state index contributed by atoms with van der Waals surface area (Å²) < 4.78 is 37.5. The fraction of sp³-hybridized carbons (Fsp3) is 0.250. The molecule has 0 atom stereocenters. The molecular formula is C12H8ClF3N2O2S. The number of pyridine rings is 1. The van der Waals surface area contributed by atoms with E-state index in [4.69, 9.17) is 11.6 Å². The van der Waals surface area contributed by atoms with Crippen LogP contribution >= 0.6 is 22.9 Å². The Balaban J connectivity index is 2.46. The summed E-state index contributed by atoms with van der Waals surface area (Å²) in [6.07, 6.45) is -3.47. The molecule has 2 heterocycles. The highest BCUT2D eigenvalue weighted by atomic mass is 35.5. The van der Waals surface area contributed by atoms with E-state index in [1.54, 1.807) is 0 Å². The lowest BCUT2D eigenvalue weighted by Crippen LogP contribution is -2.27. The summed E-state index contributed by atoms with van der Waals surface area (Å²) in [6.45, 7) is -0.0538. The number of hydrogen-bond acceptors (Lipinski definition) is 4. The van der Waals surface area contributed by atoms with E-state index in [0.717, 1.165) is 23.6 Å². The molecule has 21 heavy (non-hydrogen) atoms. The van der Waals surface area contributed by atoms with Crippen LogP contribution in [-0.2, 0) is 6.54 Å². The van der Waals surface area contributed by atoms with Crippen LogP contribution in [0, 0.1) is 0 Å². The Bertz CT molecular complexity index is 752. The van der Waals surface area contributed by atoms with Crippen molar-refractivity contribution in [3.05, 3.63) is 38.0 Å². The number of rotatable bonds is 3. The number of aromatic nitrogens is 2. The maximum atomic E-state index is 12.3. The number of nitrogens with zero attached hydrogens (tertiary/aromatic N) is 2. The summed E-state index contributed by atoms with van der Waals surface area (Å²) in [5, 5.41) is 0. The number of carbonyl (C=O) groups is 1. The molecule has 112 valence electrons. The average molecular weight is 337 g/mol. The van der Waals surface area contributed by atoms with Gasteiger partial charge in [0.15, 0.2) is 10.3 Å². The molecule has 2 aromatic rings. The SMILES string of the molecule is CC(=O)c1sc(Cl)nc1-c1ccn(CC(F)(F)F)c(=O)c1. The summed E-state index contributed by atoms with van der Waals surface area (Å²) in [5.41, 5.74) is -0.371. The van der Waals surface area contributed by atoms with Gasteiger partial charge in [0, 0.05) is 24.8 Å². The van der Waals surface area contributed by atoms with Gasteiger partial charge in [0.05, 0.1) is 10.6 Å². The van der Waals surface area contributed by atoms with E-state index in [0.29, 0.717) is 4.57 Å². The van der Waals surface area contributed by atoms with Crippen molar-refractivity contribution in [1.29, 1.82) is 0 Å². The van der Waals surface area contributed by atoms with Crippen LogP contribution in [0.1, 0.15) is 16.6 Å². The number of carbonyl (C=O) groups excluding carboxylic acids is 1. The summed E-state index contributed by atoms with van der Waals surface area (Å²) >= 11 is 6.69. The maximum absolute atomic E-state index is 12.3. The molecule has 9 heteroatoms. The number of Topliss-reactive ketones (excluding diaryl/α,β-unsaturated/α-hetero) is 1. The van der Waals surface area contributed by atoms with Gasteiger partial charge in [-0.15, -0.1) is 0 Å². The topological polar surface area (TPSA) is 52.0 Å². The first-order valence-electron chi connectivity index (χ1n) is 5.62. The molecule has 0 aliphatic rings.